The second-order valence-electron chi connectivity index (χ2n) is 10.2. The Morgan fingerprint density at radius 1 is 1.24 bits per heavy atom. The van der Waals surface area contributed by atoms with Gasteiger partial charge in [-0.2, -0.15) is 5.26 Å². The van der Waals surface area contributed by atoms with E-state index in [1.165, 1.54) is 12.3 Å². The Balaban J connectivity index is 1.18. The lowest BCUT2D eigenvalue weighted by molar-refractivity contribution is -0.111. The number of aromatic nitrogens is 3. The van der Waals surface area contributed by atoms with Crippen molar-refractivity contribution in [2.45, 2.75) is 12.5 Å². The standard InChI is InChI=1S/C31H32N8O3/c1-38(15-16-40)13-4-7-28(41)35-23-10-8-21(9-11-23)30(42)39-14-12-24(20-39)36-31-34-18-22(17-32)29(37-31)26-19-33-27-6-3-2-5-25(26)27/h2-11,18-19,24,33,40H,12-16,20H2,1H3,(H,35,41)(H,34,36,37). The number of aromatic amines is 1. The molecule has 1 unspecified atom stereocenters. The van der Waals surface area contributed by atoms with E-state index in [-0.39, 0.29) is 24.5 Å². The molecule has 0 spiro atoms. The maximum absolute atomic E-state index is 13.2. The first-order chi connectivity index (χ1) is 20.4. The predicted octanol–water partition coefficient (Wildman–Crippen LogP) is 3.24. The van der Waals surface area contributed by atoms with Crippen molar-refractivity contribution < 1.29 is 14.7 Å². The number of likely N-dealkylation sites (N-methyl/N-ethyl adjacent to an activating group) is 1. The van der Waals surface area contributed by atoms with Gasteiger partial charge in [-0.05, 0) is 43.8 Å². The largest absolute Gasteiger partial charge is 0.395 e. The number of para-hydroxylation sites is 1. The van der Waals surface area contributed by atoms with Crippen molar-refractivity contribution in [2.75, 3.05) is 50.5 Å². The first-order valence-electron chi connectivity index (χ1n) is 13.7. The first-order valence-corrected chi connectivity index (χ1v) is 13.7. The van der Waals surface area contributed by atoms with Crippen LogP contribution in [0.3, 0.4) is 0 Å². The number of rotatable bonds is 10. The van der Waals surface area contributed by atoms with Gasteiger partial charge in [0.05, 0.1) is 24.1 Å². The fourth-order valence-electron chi connectivity index (χ4n) is 4.92. The Bertz CT molecular complexity index is 1640. The minimum absolute atomic E-state index is 0.0422. The summed E-state index contributed by atoms with van der Waals surface area (Å²) in [5, 5.41) is 25.7. The number of H-pyrrole nitrogens is 1. The van der Waals surface area contributed by atoms with E-state index in [1.807, 2.05) is 42.4 Å². The molecule has 1 fully saturated rings. The number of aliphatic hydroxyl groups excluding tert-OH is 1. The number of benzene rings is 2. The zero-order valence-electron chi connectivity index (χ0n) is 23.2. The summed E-state index contributed by atoms with van der Waals surface area (Å²) in [5.74, 6) is 0.0461. The van der Waals surface area contributed by atoms with Crippen LogP contribution in [0, 0.1) is 11.3 Å². The van der Waals surface area contributed by atoms with Gasteiger partial charge in [-0.3, -0.25) is 9.59 Å². The second-order valence-corrected chi connectivity index (χ2v) is 10.2. The number of fused-ring (bicyclic) bond motifs is 1. The molecule has 5 rings (SSSR count). The lowest BCUT2D eigenvalue weighted by Gasteiger charge is -2.18. The van der Waals surface area contributed by atoms with Gasteiger partial charge in [0.25, 0.3) is 5.91 Å². The number of hydrogen-bond acceptors (Lipinski definition) is 8. The molecule has 0 bridgehead atoms. The zero-order chi connectivity index (χ0) is 29.5. The number of hydrogen-bond donors (Lipinski definition) is 4. The van der Waals surface area contributed by atoms with E-state index in [0.29, 0.717) is 54.6 Å². The van der Waals surface area contributed by atoms with Crippen molar-refractivity contribution >= 4 is 34.4 Å². The average Bonchev–Trinajstić information content (AvgIpc) is 3.65. The highest BCUT2D eigenvalue weighted by atomic mass is 16.3. The number of carbonyl (C=O) groups excluding carboxylic acids is 2. The van der Waals surface area contributed by atoms with Gasteiger partial charge in [-0.1, -0.05) is 24.3 Å². The van der Waals surface area contributed by atoms with Crippen LogP contribution in [0.5, 0.6) is 0 Å². The molecule has 2 aromatic carbocycles. The van der Waals surface area contributed by atoms with Gasteiger partial charge in [-0.15, -0.1) is 0 Å². The molecule has 11 heteroatoms. The summed E-state index contributed by atoms with van der Waals surface area (Å²) in [7, 11) is 1.86. The van der Waals surface area contributed by atoms with Gasteiger partial charge in [0.1, 0.15) is 6.07 Å². The Hall–Kier alpha value is -5.05. The third kappa shape index (κ3) is 6.63. The molecular weight excluding hydrogens is 532 g/mol. The van der Waals surface area contributed by atoms with E-state index in [9.17, 15) is 14.9 Å². The van der Waals surface area contributed by atoms with Crippen LogP contribution >= 0.6 is 0 Å². The molecule has 214 valence electrons. The summed E-state index contributed by atoms with van der Waals surface area (Å²) in [4.78, 5) is 41.3. The van der Waals surface area contributed by atoms with E-state index in [4.69, 9.17) is 5.11 Å². The van der Waals surface area contributed by atoms with Crippen LogP contribution in [-0.4, -0.2) is 87.5 Å². The average molecular weight is 565 g/mol. The molecule has 1 saturated heterocycles. The molecule has 2 aromatic heterocycles. The Labute approximate surface area is 243 Å². The predicted molar refractivity (Wildman–Crippen MR) is 161 cm³/mol. The fourth-order valence-corrected chi connectivity index (χ4v) is 4.92. The van der Waals surface area contributed by atoms with Crippen LogP contribution in [0.25, 0.3) is 22.2 Å². The molecule has 1 atom stereocenters. The SMILES string of the molecule is CN(CC=CC(=O)Nc1ccc(C(=O)N2CCC(Nc3ncc(C#N)c(-c4c[nH]c5ccccc45)n3)C2)cc1)CCO. The third-order valence-electron chi connectivity index (χ3n) is 7.13. The normalized spacial score (nSPS) is 14.9. The van der Waals surface area contributed by atoms with Gasteiger partial charge < -0.3 is 30.5 Å². The second kappa shape index (κ2) is 13.1. The summed E-state index contributed by atoms with van der Waals surface area (Å²) in [6.07, 6.45) is 7.28. The molecule has 1 aliphatic rings. The fraction of sp³-hybridized carbons (Fsp3) is 0.258. The Kier molecular flexibility index (Phi) is 8.87. The molecule has 0 saturated carbocycles. The monoisotopic (exact) mass is 564 g/mol. The van der Waals surface area contributed by atoms with E-state index in [1.54, 1.807) is 35.2 Å². The van der Waals surface area contributed by atoms with Crippen LogP contribution in [0.1, 0.15) is 22.3 Å². The van der Waals surface area contributed by atoms with Gasteiger partial charge >= 0.3 is 0 Å². The minimum atomic E-state index is -0.266. The van der Waals surface area contributed by atoms with E-state index in [0.717, 1.165) is 22.9 Å². The molecule has 1 aliphatic heterocycles. The third-order valence-corrected chi connectivity index (χ3v) is 7.13. The van der Waals surface area contributed by atoms with E-state index < -0.39 is 0 Å². The van der Waals surface area contributed by atoms with Crippen LogP contribution in [0.2, 0.25) is 0 Å². The van der Waals surface area contributed by atoms with Crippen LogP contribution in [0.4, 0.5) is 11.6 Å². The molecule has 0 aliphatic carbocycles. The Morgan fingerprint density at radius 2 is 2.05 bits per heavy atom. The molecule has 11 nitrogen and oxygen atoms in total. The highest BCUT2D eigenvalue weighted by molar-refractivity contribution is 6.00. The number of nitrogens with zero attached hydrogens (tertiary/aromatic N) is 5. The molecular formula is C31H32N8O3. The van der Waals surface area contributed by atoms with Gasteiger partial charge in [0, 0.05) is 72.2 Å². The minimum Gasteiger partial charge on any atom is -0.395 e. The highest BCUT2D eigenvalue weighted by Gasteiger charge is 2.28. The maximum Gasteiger partial charge on any atom is 0.253 e. The Morgan fingerprint density at radius 3 is 2.83 bits per heavy atom. The lowest BCUT2D eigenvalue weighted by atomic mass is 10.1. The molecule has 0 radical (unpaired) electrons. The molecule has 4 N–H and O–H groups in total. The van der Waals surface area contributed by atoms with Crippen molar-refractivity contribution in [3.63, 3.8) is 0 Å². The smallest absolute Gasteiger partial charge is 0.253 e. The summed E-state index contributed by atoms with van der Waals surface area (Å²) in [6, 6.07) is 16.8. The van der Waals surface area contributed by atoms with Crippen LogP contribution in [-0.2, 0) is 4.79 Å². The number of nitriles is 1. The van der Waals surface area contributed by atoms with E-state index >= 15 is 0 Å². The summed E-state index contributed by atoms with van der Waals surface area (Å²) >= 11 is 0. The summed E-state index contributed by atoms with van der Waals surface area (Å²) in [6.45, 7) is 2.21. The van der Waals surface area contributed by atoms with Crippen LogP contribution < -0.4 is 10.6 Å². The van der Waals surface area contributed by atoms with Gasteiger partial charge in [0.2, 0.25) is 11.9 Å². The number of aliphatic hydroxyl groups is 1. The zero-order valence-corrected chi connectivity index (χ0v) is 23.2. The van der Waals surface area contributed by atoms with E-state index in [2.05, 4.69) is 31.7 Å². The topological polar surface area (TPSA) is 150 Å². The maximum atomic E-state index is 13.2. The molecule has 3 heterocycles. The highest BCUT2D eigenvalue weighted by Crippen LogP contribution is 2.30. The lowest BCUT2D eigenvalue weighted by Crippen LogP contribution is -2.31. The van der Waals surface area contributed by atoms with Crippen molar-refractivity contribution in [3.05, 3.63) is 84.2 Å². The number of anilines is 2. The van der Waals surface area contributed by atoms with Crippen molar-refractivity contribution in [3.8, 4) is 17.3 Å². The number of nitrogens with one attached hydrogen (secondary N) is 3. The van der Waals surface area contributed by atoms with Gasteiger partial charge in [0.15, 0.2) is 0 Å². The molecule has 4 aromatic rings. The van der Waals surface area contributed by atoms with Gasteiger partial charge in [-0.25, -0.2) is 9.97 Å². The molecule has 2 amide bonds. The van der Waals surface area contributed by atoms with Crippen molar-refractivity contribution in [1.82, 2.24) is 24.8 Å². The van der Waals surface area contributed by atoms with Crippen molar-refractivity contribution in [1.29, 1.82) is 5.26 Å². The first kappa shape index (κ1) is 28.5. The number of likely N-dealkylation sites (tertiary alicyclic amines) is 1. The quantitative estimate of drug-likeness (QED) is 0.214. The number of carbonyl (C=O) groups is 2. The summed E-state index contributed by atoms with van der Waals surface area (Å²) in [5.41, 5.74) is 3.85. The summed E-state index contributed by atoms with van der Waals surface area (Å²) < 4.78 is 0. The van der Waals surface area contributed by atoms with Crippen molar-refractivity contribution in [2.24, 2.45) is 0 Å². The molecule has 42 heavy (non-hydrogen) atoms. The number of amides is 2. The van der Waals surface area contributed by atoms with Crippen LogP contribution in [0.15, 0.2) is 73.1 Å².